The van der Waals surface area contributed by atoms with Crippen LogP contribution >= 0.6 is 11.8 Å². The van der Waals surface area contributed by atoms with Crippen molar-refractivity contribution in [2.24, 2.45) is 16.1 Å². The molecule has 0 aromatic heterocycles. The number of thioether (sulfide) groups is 1. The third-order valence-electron chi connectivity index (χ3n) is 3.15. The molecular formula is C16H16N5O3S+. The number of amides is 1. The predicted molar refractivity (Wildman–Crippen MR) is 94.5 cm³/mol. The maximum absolute atomic E-state index is 12.2. The molecule has 0 atom stereocenters. The third-order valence-corrected chi connectivity index (χ3v) is 4.16. The number of amidine groups is 1. The lowest BCUT2D eigenvalue weighted by Crippen LogP contribution is -2.27. The normalized spacial score (nSPS) is 11.0. The molecule has 6 N–H and O–H groups in total. The molecule has 0 bridgehead atoms. The Kier molecular flexibility index (Phi) is 6.24. The first-order valence-corrected chi connectivity index (χ1v) is 8.07. The summed E-state index contributed by atoms with van der Waals surface area (Å²) in [5, 5.41) is 18.5. The average molecular weight is 358 g/mol. The molecule has 0 aliphatic rings. The Hall–Kier alpha value is -3.20. The minimum Gasteiger partial charge on any atom is -0.478 e. The zero-order valence-corrected chi connectivity index (χ0v) is 13.9. The van der Waals surface area contributed by atoms with E-state index >= 15 is 0 Å². The van der Waals surface area contributed by atoms with Crippen LogP contribution in [0.1, 0.15) is 20.7 Å². The molecule has 0 saturated heterocycles. The number of hydrogen-bond acceptors (Lipinski definition) is 5. The van der Waals surface area contributed by atoms with Gasteiger partial charge in [0.25, 0.3) is 5.91 Å². The highest BCUT2D eigenvalue weighted by atomic mass is 32.2. The lowest BCUT2D eigenvalue weighted by Gasteiger charge is -2.07. The first-order chi connectivity index (χ1) is 12.0. The summed E-state index contributed by atoms with van der Waals surface area (Å²) in [5.74, 6) is 4.48. The first kappa shape index (κ1) is 18.1. The van der Waals surface area contributed by atoms with Gasteiger partial charge in [0.2, 0.25) is 5.84 Å². The van der Waals surface area contributed by atoms with Crippen LogP contribution in [0.5, 0.6) is 0 Å². The number of carbonyl (C=O) groups excluding carboxylic acids is 1. The van der Waals surface area contributed by atoms with Crippen molar-refractivity contribution in [1.29, 1.82) is 0 Å². The number of nitrogens with two attached hydrogens (primary N) is 2. The van der Waals surface area contributed by atoms with Crippen LogP contribution in [0, 0.1) is 0 Å². The van der Waals surface area contributed by atoms with Crippen LogP contribution in [-0.4, -0.2) is 28.6 Å². The second-order valence-electron chi connectivity index (χ2n) is 4.83. The second kappa shape index (κ2) is 8.60. The number of aromatic carboxylic acids is 1. The van der Waals surface area contributed by atoms with E-state index in [1.54, 1.807) is 36.4 Å². The van der Waals surface area contributed by atoms with E-state index in [1.807, 2.05) is 0 Å². The van der Waals surface area contributed by atoms with Crippen molar-refractivity contribution in [2.45, 2.75) is 4.90 Å². The Morgan fingerprint density at radius 3 is 2.48 bits per heavy atom. The summed E-state index contributed by atoms with van der Waals surface area (Å²) in [6.07, 6.45) is 0. The molecule has 0 spiro atoms. The molecule has 0 heterocycles. The van der Waals surface area contributed by atoms with Crippen LogP contribution in [0.3, 0.4) is 0 Å². The number of benzene rings is 2. The van der Waals surface area contributed by atoms with Crippen molar-refractivity contribution in [3.05, 3.63) is 59.7 Å². The Labute approximate surface area is 147 Å². The van der Waals surface area contributed by atoms with Gasteiger partial charge in [0.15, 0.2) is 0 Å². The van der Waals surface area contributed by atoms with Gasteiger partial charge in [0.1, 0.15) is 0 Å². The lowest BCUT2D eigenvalue weighted by atomic mass is 10.2. The van der Waals surface area contributed by atoms with E-state index in [1.165, 1.54) is 23.9 Å². The van der Waals surface area contributed by atoms with E-state index < -0.39 is 5.97 Å². The molecule has 0 radical (unpaired) electrons. The Balaban J connectivity index is 2.02. The van der Waals surface area contributed by atoms with Crippen LogP contribution in [0.15, 0.2) is 63.6 Å². The summed E-state index contributed by atoms with van der Waals surface area (Å²) in [5.41, 5.74) is 6.09. The minimum absolute atomic E-state index is 0.104. The van der Waals surface area contributed by atoms with Crippen molar-refractivity contribution in [3.63, 3.8) is 0 Å². The highest BCUT2D eigenvalue weighted by molar-refractivity contribution is 8.00. The minimum atomic E-state index is -1.05. The highest BCUT2D eigenvalue weighted by Crippen LogP contribution is 2.19. The Bertz CT molecular complexity index is 821. The van der Waals surface area contributed by atoms with E-state index in [0.29, 0.717) is 22.8 Å². The number of carboxylic acids is 1. The van der Waals surface area contributed by atoms with Crippen LogP contribution < -0.4 is 16.7 Å². The van der Waals surface area contributed by atoms with Crippen LogP contribution in [0.25, 0.3) is 0 Å². The molecule has 0 saturated carbocycles. The van der Waals surface area contributed by atoms with E-state index in [2.05, 4.69) is 15.5 Å². The first-order valence-electron chi connectivity index (χ1n) is 7.08. The quantitative estimate of drug-likeness (QED) is 0.153. The number of hydrazone groups is 1. The van der Waals surface area contributed by atoms with E-state index in [9.17, 15) is 9.59 Å². The number of nitrogens with zero attached hydrogens (tertiary/aromatic N) is 2. The number of anilines is 1. The SMILES string of the molecule is N/N=C(/CSc1ccc(C(=O)Nc2cccc(C(=O)O)c2)cc1)N=[NH2+]. The van der Waals surface area contributed by atoms with Gasteiger partial charge in [-0.2, -0.15) is 10.6 Å². The summed E-state index contributed by atoms with van der Waals surface area (Å²) < 4.78 is 0. The Morgan fingerprint density at radius 1 is 1.16 bits per heavy atom. The monoisotopic (exact) mass is 358 g/mol. The molecule has 8 nitrogen and oxygen atoms in total. The van der Waals surface area contributed by atoms with Gasteiger partial charge in [-0.05, 0) is 42.5 Å². The molecule has 128 valence electrons. The molecule has 2 aromatic rings. The summed E-state index contributed by atoms with van der Waals surface area (Å²) >= 11 is 1.43. The predicted octanol–water partition coefficient (Wildman–Crippen LogP) is 1.21. The third kappa shape index (κ3) is 5.15. The largest absolute Gasteiger partial charge is 0.478 e. The van der Waals surface area contributed by atoms with E-state index in [-0.39, 0.29) is 11.5 Å². The summed E-state index contributed by atoms with van der Waals surface area (Å²) in [7, 11) is 0. The fourth-order valence-electron chi connectivity index (χ4n) is 1.89. The maximum atomic E-state index is 12.2. The van der Waals surface area contributed by atoms with Crippen molar-refractivity contribution < 1.29 is 20.2 Å². The molecule has 2 rings (SSSR count). The van der Waals surface area contributed by atoms with E-state index in [0.717, 1.165) is 4.90 Å². The number of hydrogen-bond donors (Lipinski definition) is 4. The second-order valence-corrected chi connectivity index (χ2v) is 5.88. The molecule has 0 aliphatic carbocycles. The zero-order chi connectivity index (χ0) is 18.2. The molecule has 0 aliphatic heterocycles. The van der Waals surface area contributed by atoms with Crippen LogP contribution in [0.2, 0.25) is 0 Å². The standard InChI is InChI=1S/C16H15N5O3S/c17-20-14(21-18)9-25-13-6-4-10(5-7-13)15(22)19-12-3-1-2-11(8-12)16(23)24/h1-8,17H,9,18H2,(H,19,22)(H,23,24)/p+1/b20-17?,21-14-. The molecule has 2 aromatic carbocycles. The van der Waals surface area contributed by atoms with Gasteiger partial charge in [-0.3, -0.25) is 4.79 Å². The fourth-order valence-corrected chi connectivity index (χ4v) is 2.66. The summed E-state index contributed by atoms with van der Waals surface area (Å²) in [4.78, 5) is 24.1. The summed E-state index contributed by atoms with van der Waals surface area (Å²) in [6, 6.07) is 12.9. The van der Waals surface area contributed by atoms with Crippen LogP contribution in [-0.2, 0) is 0 Å². The average Bonchev–Trinajstić information content (AvgIpc) is 2.63. The zero-order valence-electron chi connectivity index (χ0n) is 13.0. The van der Waals surface area contributed by atoms with Gasteiger partial charge in [-0.15, -0.1) is 11.8 Å². The van der Waals surface area contributed by atoms with Crippen molar-refractivity contribution >= 4 is 35.2 Å². The van der Waals surface area contributed by atoms with Gasteiger partial charge in [-0.25, -0.2) is 4.79 Å². The topological polar surface area (TPSA) is 143 Å². The fraction of sp³-hybridized carbons (Fsp3) is 0.0625. The number of nitrogens with one attached hydrogen (secondary N) is 1. The number of rotatable bonds is 6. The van der Waals surface area contributed by atoms with Crippen molar-refractivity contribution in [3.8, 4) is 0 Å². The number of carbonyl (C=O) groups is 2. The lowest BCUT2D eigenvalue weighted by molar-refractivity contribution is -0.207. The van der Waals surface area contributed by atoms with Gasteiger partial charge in [-0.1, -0.05) is 6.07 Å². The van der Waals surface area contributed by atoms with E-state index in [4.69, 9.17) is 16.5 Å². The molecule has 9 heteroatoms. The summed E-state index contributed by atoms with van der Waals surface area (Å²) in [6.45, 7) is 0. The maximum Gasteiger partial charge on any atom is 0.335 e. The Morgan fingerprint density at radius 2 is 1.88 bits per heavy atom. The molecule has 1 amide bonds. The van der Waals surface area contributed by atoms with Crippen molar-refractivity contribution in [2.75, 3.05) is 11.1 Å². The van der Waals surface area contributed by atoms with Crippen molar-refractivity contribution in [1.82, 2.24) is 0 Å². The highest BCUT2D eigenvalue weighted by Gasteiger charge is 2.09. The molecule has 25 heavy (non-hydrogen) atoms. The molecular weight excluding hydrogens is 342 g/mol. The number of carboxylic acid groups (broad SMARTS) is 1. The van der Waals surface area contributed by atoms with Gasteiger partial charge >= 0.3 is 5.97 Å². The smallest absolute Gasteiger partial charge is 0.335 e. The molecule has 0 unspecified atom stereocenters. The van der Waals surface area contributed by atoms with Gasteiger partial charge in [0.05, 0.1) is 11.3 Å². The van der Waals surface area contributed by atoms with Gasteiger partial charge in [0, 0.05) is 21.3 Å². The molecule has 0 fully saturated rings. The van der Waals surface area contributed by atoms with Crippen LogP contribution in [0.4, 0.5) is 5.69 Å². The van der Waals surface area contributed by atoms with Gasteiger partial charge < -0.3 is 16.3 Å².